The Morgan fingerprint density at radius 2 is 2.22 bits per heavy atom. The van der Waals surface area contributed by atoms with E-state index in [2.05, 4.69) is 21.0 Å². The van der Waals surface area contributed by atoms with Gasteiger partial charge in [0.15, 0.2) is 0 Å². The lowest BCUT2D eigenvalue weighted by molar-refractivity contribution is 0.0867. The molecule has 0 amide bonds. The fourth-order valence-electron chi connectivity index (χ4n) is 2.02. The van der Waals surface area contributed by atoms with E-state index in [4.69, 9.17) is 10.7 Å². The molecule has 0 unspecified atom stereocenters. The number of hydrogen-bond donors (Lipinski definition) is 1. The van der Waals surface area contributed by atoms with Crippen LogP contribution in [0.1, 0.15) is 36.2 Å². The van der Waals surface area contributed by atoms with Crippen molar-refractivity contribution in [1.82, 2.24) is 4.98 Å². The first kappa shape index (κ1) is 13.0. The molecule has 0 saturated carbocycles. The smallest absolute Gasteiger partial charge is 0.119 e. The number of nitrogens with zero attached hydrogens (tertiary/aromatic N) is 2. The first-order valence-corrected chi connectivity index (χ1v) is 6.28. The molecule has 18 heavy (non-hydrogen) atoms. The van der Waals surface area contributed by atoms with Crippen molar-refractivity contribution in [3.63, 3.8) is 0 Å². The molecule has 1 aliphatic carbocycles. The highest BCUT2D eigenvalue weighted by molar-refractivity contribution is 6.00. The summed E-state index contributed by atoms with van der Waals surface area (Å²) >= 11 is 0. The zero-order valence-corrected chi connectivity index (χ0v) is 10.7. The van der Waals surface area contributed by atoms with Gasteiger partial charge in [-0.1, -0.05) is 11.2 Å². The minimum atomic E-state index is 0.485. The van der Waals surface area contributed by atoms with Gasteiger partial charge in [-0.05, 0) is 37.8 Å². The predicted octanol–water partition coefficient (Wildman–Crippen LogP) is 1.73. The van der Waals surface area contributed by atoms with Gasteiger partial charge in [0.1, 0.15) is 12.3 Å². The van der Waals surface area contributed by atoms with Gasteiger partial charge in [0.2, 0.25) is 0 Å². The third-order valence-electron chi connectivity index (χ3n) is 2.92. The van der Waals surface area contributed by atoms with E-state index in [1.807, 2.05) is 13.0 Å². The molecule has 2 N–H and O–H groups in total. The second-order valence-electron chi connectivity index (χ2n) is 4.41. The van der Waals surface area contributed by atoms with Crippen molar-refractivity contribution < 1.29 is 9.68 Å². The lowest BCUT2D eigenvalue weighted by atomic mass is 9.94. The van der Waals surface area contributed by atoms with Crippen LogP contribution in [0.15, 0.2) is 17.3 Å². The molecule has 2 rings (SSSR count). The van der Waals surface area contributed by atoms with Gasteiger partial charge in [0.05, 0.1) is 12.3 Å². The van der Waals surface area contributed by atoms with E-state index in [1.54, 1.807) is 0 Å². The van der Waals surface area contributed by atoms with Crippen LogP contribution in [0.5, 0.6) is 0 Å². The van der Waals surface area contributed by atoms with E-state index in [-0.39, 0.29) is 0 Å². The Morgan fingerprint density at radius 3 is 3.06 bits per heavy atom. The Labute approximate surface area is 107 Å². The van der Waals surface area contributed by atoms with Crippen LogP contribution in [0.2, 0.25) is 0 Å². The highest BCUT2D eigenvalue weighted by Crippen LogP contribution is 2.20. The van der Waals surface area contributed by atoms with Crippen molar-refractivity contribution >= 4 is 5.71 Å². The van der Waals surface area contributed by atoms with E-state index in [0.29, 0.717) is 13.2 Å². The van der Waals surface area contributed by atoms with Crippen molar-refractivity contribution in [1.29, 1.82) is 0 Å². The standard InChI is InChI=1S/C13H19N3O2/c1-10-6-7-11-4-2-5-12(13(11)15-10)16-18-9-3-8-17-14/h6-7H,2-5,8-9,14H2,1H3/b16-12+. The average Bonchev–Trinajstić information content (AvgIpc) is 2.39. The molecule has 1 aromatic heterocycles. The summed E-state index contributed by atoms with van der Waals surface area (Å²) in [5.41, 5.74) is 4.23. The number of aryl methyl sites for hydroxylation is 2. The number of pyridine rings is 1. The van der Waals surface area contributed by atoms with Crippen LogP contribution in [-0.2, 0) is 16.1 Å². The molecule has 0 spiro atoms. The van der Waals surface area contributed by atoms with Crippen molar-refractivity contribution in [2.75, 3.05) is 13.2 Å². The highest BCUT2D eigenvalue weighted by Gasteiger charge is 2.17. The molecule has 0 radical (unpaired) electrons. The Kier molecular flexibility index (Phi) is 4.66. The molecule has 5 heteroatoms. The summed E-state index contributed by atoms with van der Waals surface area (Å²) in [6, 6.07) is 4.18. The number of oxime groups is 1. The van der Waals surface area contributed by atoms with Gasteiger partial charge in [-0.3, -0.25) is 4.98 Å². The summed E-state index contributed by atoms with van der Waals surface area (Å²) in [6.45, 7) is 2.99. The van der Waals surface area contributed by atoms with Crippen LogP contribution >= 0.6 is 0 Å². The Balaban J connectivity index is 2.02. The lowest BCUT2D eigenvalue weighted by Gasteiger charge is -2.16. The molecule has 0 atom stereocenters. The molecular weight excluding hydrogens is 230 g/mol. The summed E-state index contributed by atoms with van der Waals surface area (Å²) in [5, 5.41) is 4.20. The van der Waals surface area contributed by atoms with Gasteiger partial charge in [-0.15, -0.1) is 0 Å². The molecular formula is C13H19N3O2. The second kappa shape index (κ2) is 6.47. The van der Waals surface area contributed by atoms with Crippen LogP contribution in [0.4, 0.5) is 0 Å². The first-order chi connectivity index (χ1) is 8.81. The minimum Gasteiger partial charge on any atom is -0.395 e. The topological polar surface area (TPSA) is 69.7 Å². The summed E-state index contributed by atoms with van der Waals surface area (Å²) in [4.78, 5) is 14.3. The second-order valence-corrected chi connectivity index (χ2v) is 4.41. The molecule has 0 saturated heterocycles. The zero-order valence-electron chi connectivity index (χ0n) is 10.7. The quantitative estimate of drug-likeness (QED) is 0.637. The molecule has 5 nitrogen and oxygen atoms in total. The number of nitrogens with two attached hydrogens (primary N) is 1. The summed E-state index contributed by atoms with van der Waals surface area (Å²) in [7, 11) is 0. The van der Waals surface area contributed by atoms with Gasteiger partial charge < -0.3 is 9.68 Å². The SMILES string of the molecule is Cc1ccc2c(n1)/C(=N/OCCCON)CCC2. The lowest BCUT2D eigenvalue weighted by Crippen LogP contribution is -2.15. The Hall–Kier alpha value is -1.46. The van der Waals surface area contributed by atoms with Crippen molar-refractivity contribution in [3.8, 4) is 0 Å². The van der Waals surface area contributed by atoms with E-state index >= 15 is 0 Å². The third kappa shape index (κ3) is 3.27. The van der Waals surface area contributed by atoms with Crippen LogP contribution in [0.3, 0.4) is 0 Å². The van der Waals surface area contributed by atoms with Gasteiger partial charge in [-0.2, -0.15) is 0 Å². The van der Waals surface area contributed by atoms with E-state index < -0.39 is 0 Å². The molecule has 1 heterocycles. The van der Waals surface area contributed by atoms with Gasteiger partial charge in [-0.25, -0.2) is 5.90 Å². The van der Waals surface area contributed by atoms with Gasteiger partial charge >= 0.3 is 0 Å². The normalized spacial score (nSPS) is 16.7. The first-order valence-electron chi connectivity index (χ1n) is 6.28. The van der Waals surface area contributed by atoms with Gasteiger partial charge in [0, 0.05) is 12.1 Å². The largest absolute Gasteiger partial charge is 0.395 e. The highest BCUT2D eigenvalue weighted by atomic mass is 16.6. The van der Waals surface area contributed by atoms with E-state index in [1.165, 1.54) is 5.56 Å². The van der Waals surface area contributed by atoms with Crippen LogP contribution in [0.25, 0.3) is 0 Å². The molecule has 1 aliphatic rings. The number of fused-ring (bicyclic) bond motifs is 1. The molecule has 0 fully saturated rings. The summed E-state index contributed by atoms with van der Waals surface area (Å²) in [6.07, 6.45) is 3.84. The maximum absolute atomic E-state index is 5.28. The maximum Gasteiger partial charge on any atom is 0.119 e. The summed E-state index contributed by atoms with van der Waals surface area (Å²) in [5.74, 6) is 4.93. The third-order valence-corrected chi connectivity index (χ3v) is 2.92. The molecule has 0 bridgehead atoms. The number of aromatic nitrogens is 1. The molecule has 98 valence electrons. The van der Waals surface area contributed by atoms with Crippen LogP contribution < -0.4 is 5.90 Å². The predicted molar refractivity (Wildman–Crippen MR) is 69.2 cm³/mol. The Morgan fingerprint density at radius 1 is 1.33 bits per heavy atom. The van der Waals surface area contributed by atoms with E-state index in [0.717, 1.165) is 42.8 Å². The Bertz CT molecular complexity index is 432. The fraction of sp³-hybridized carbons (Fsp3) is 0.538. The summed E-state index contributed by atoms with van der Waals surface area (Å²) < 4.78 is 0. The molecule has 1 aromatic rings. The number of rotatable bonds is 5. The maximum atomic E-state index is 5.28. The van der Waals surface area contributed by atoms with Crippen LogP contribution in [0, 0.1) is 6.92 Å². The van der Waals surface area contributed by atoms with Crippen molar-refractivity contribution in [2.45, 2.75) is 32.6 Å². The molecule has 0 aliphatic heterocycles. The van der Waals surface area contributed by atoms with Crippen molar-refractivity contribution in [2.24, 2.45) is 11.1 Å². The van der Waals surface area contributed by atoms with Crippen LogP contribution in [-0.4, -0.2) is 23.9 Å². The average molecular weight is 249 g/mol. The monoisotopic (exact) mass is 249 g/mol. The zero-order chi connectivity index (χ0) is 12.8. The van der Waals surface area contributed by atoms with Crippen molar-refractivity contribution in [3.05, 3.63) is 29.1 Å². The van der Waals surface area contributed by atoms with E-state index in [9.17, 15) is 0 Å². The molecule has 0 aromatic carbocycles. The number of hydrogen-bond acceptors (Lipinski definition) is 5. The fourth-order valence-corrected chi connectivity index (χ4v) is 2.02. The minimum absolute atomic E-state index is 0.485. The van der Waals surface area contributed by atoms with Gasteiger partial charge in [0.25, 0.3) is 0 Å².